The molecule has 0 aromatic carbocycles. The first-order valence-electron chi connectivity index (χ1n) is 3.95. The summed E-state index contributed by atoms with van der Waals surface area (Å²) in [5, 5.41) is 0. The van der Waals surface area contributed by atoms with Crippen molar-refractivity contribution in [2.24, 2.45) is 5.92 Å². The maximum atomic E-state index is 3.20. The summed E-state index contributed by atoms with van der Waals surface area (Å²) in [7, 11) is 0. The molecular weight excluding hydrogens is 120 g/mol. The maximum Gasteiger partial charge on any atom is -0.00575 e. The van der Waals surface area contributed by atoms with Crippen LogP contribution in [0.5, 0.6) is 0 Å². The van der Waals surface area contributed by atoms with Crippen LogP contribution in [0.2, 0.25) is 0 Å². The fraction of sp³-hybridized carbons (Fsp3) is 0.500. The van der Waals surface area contributed by atoms with Gasteiger partial charge in [-0.1, -0.05) is 32.4 Å². The van der Waals surface area contributed by atoms with Crippen molar-refractivity contribution in [3.8, 4) is 0 Å². The van der Waals surface area contributed by atoms with Crippen LogP contribution in [-0.2, 0) is 0 Å². The standard InChI is InChI=1S/C10H14/c1-3-9(2)8-10-6-4-5-7-10/h4-6,9H,3,8H2,1-2H3/t9-/m0/s1. The predicted octanol–water partition coefficient (Wildman–Crippen LogP) is 3.07. The molecule has 0 saturated carbocycles. The van der Waals surface area contributed by atoms with Crippen molar-refractivity contribution in [2.75, 3.05) is 0 Å². The van der Waals surface area contributed by atoms with Crippen molar-refractivity contribution in [1.82, 2.24) is 0 Å². The molecule has 0 amide bonds. The first-order chi connectivity index (χ1) is 4.83. The summed E-state index contributed by atoms with van der Waals surface area (Å²) in [5.74, 6) is 0.804. The molecule has 0 N–H and O–H groups in total. The molecule has 0 saturated heterocycles. The van der Waals surface area contributed by atoms with E-state index < -0.39 is 0 Å². The molecule has 1 atom stereocenters. The maximum absolute atomic E-state index is 3.20. The van der Waals surface area contributed by atoms with E-state index in [1.54, 1.807) is 0 Å². The number of allylic oxidation sites excluding steroid dienone is 3. The summed E-state index contributed by atoms with van der Waals surface area (Å²) >= 11 is 0. The Morgan fingerprint density at radius 3 is 2.90 bits per heavy atom. The van der Waals surface area contributed by atoms with Crippen LogP contribution in [0.3, 0.4) is 0 Å². The van der Waals surface area contributed by atoms with E-state index in [0.717, 1.165) is 5.92 Å². The molecule has 0 aliphatic heterocycles. The third-order valence-corrected chi connectivity index (χ3v) is 1.93. The van der Waals surface area contributed by atoms with Gasteiger partial charge in [0.05, 0.1) is 0 Å². The Labute approximate surface area is 62.9 Å². The Hall–Kier alpha value is -0.740. The Morgan fingerprint density at radius 1 is 1.60 bits per heavy atom. The zero-order valence-corrected chi connectivity index (χ0v) is 6.72. The lowest BCUT2D eigenvalue weighted by atomic mass is 10.0. The highest BCUT2D eigenvalue weighted by Crippen LogP contribution is 2.16. The molecule has 1 rings (SSSR count). The Morgan fingerprint density at radius 2 is 2.40 bits per heavy atom. The highest BCUT2D eigenvalue weighted by atomic mass is 14.1. The fourth-order valence-corrected chi connectivity index (χ4v) is 1.01. The molecule has 54 valence electrons. The molecule has 0 spiro atoms. The lowest BCUT2D eigenvalue weighted by molar-refractivity contribution is 0.563. The Balaban J connectivity index is 2.39. The van der Waals surface area contributed by atoms with Crippen LogP contribution in [0.4, 0.5) is 0 Å². The van der Waals surface area contributed by atoms with E-state index in [1.165, 1.54) is 18.4 Å². The van der Waals surface area contributed by atoms with Crippen LogP contribution in [0.1, 0.15) is 26.7 Å². The highest BCUT2D eigenvalue weighted by molar-refractivity contribution is 5.28. The minimum atomic E-state index is 0.804. The summed E-state index contributed by atoms with van der Waals surface area (Å²) in [6.45, 7) is 4.51. The minimum absolute atomic E-state index is 0.804. The summed E-state index contributed by atoms with van der Waals surface area (Å²) in [6, 6.07) is 0. The summed E-state index contributed by atoms with van der Waals surface area (Å²) in [5.41, 5.74) is 4.56. The zero-order chi connectivity index (χ0) is 7.40. The topological polar surface area (TPSA) is 0 Å². The van der Waals surface area contributed by atoms with Crippen molar-refractivity contribution >= 4 is 0 Å². The van der Waals surface area contributed by atoms with Gasteiger partial charge in [0, 0.05) is 0 Å². The number of hydrogen-bond acceptors (Lipinski definition) is 0. The first-order valence-corrected chi connectivity index (χ1v) is 3.95. The molecule has 0 heterocycles. The van der Waals surface area contributed by atoms with Crippen molar-refractivity contribution in [3.63, 3.8) is 0 Å². The van der Waals surface area contributed by atoms with Gasteiger partial charge in [0.25, 0.3) is 0 Å². The largest absolute Gasteiger partial charge is 0.117 e. The van der Waals surface area contributed by atoms with Crippen LogP contribution >= 0.6 is 0 Å². The zero-order valence-electron chi connectivity index (χ0n) is 6.72. The Bertz CT molecular complexity index is 190. The molecule has 10 heavy (non-hydrogen) atoms. The van der Waals surface area contributed by atoms with E-state index in [9.17, 15) is 0 Å². The molecule has 0 unspecified atom stereocenters. The summed E-state index contributed by atoms with van der Waals surface area (Å²) in [4.78, 5) is 0. The van der Waals surface area contributed by atoms with Gasteiger partial charge in [-0.05, 0) is 24.0 Å². The van der Waals surface area contributed by atoms with Gasteiger partial charge in [0.2, 0.25) is 0 Å². The molecule has 0 fully saturated rings. The SMILES string of the molecule is CC[C@H](C)CC1=C=CC=C1. The lowest BCUT2D eigenvalue weighted by Gasteiger charge is -2.05. The van der Waals surface area contributed by atoms with E-state index in [-0.39, 0.29) is 0 Å². The second-order valence-corrected chi connectivity index (χ2v) is 2.91. The second-order valence-electron chi connectivity index (χ2n) is 2.91. The van der Waals surface area contributed by atoms with Crippen LogP contribution in [0, 0.1) is 5.92 Å². The van der Waals surface area contributed by atoms with Gasteiger partial charge < -0.3 is 0 Å². The number of rotatable bonds is 3. The minimum Gasteiger partial charge on any atom is -0.117 e. The van der Waals surface area contributed by atoms with E-state index in [2.05, 4.69) is 31.7 Å². The Kier molecular flexibility index (Phi) is 2.53. The molecule has 0 bridgehead atoms. The van der Waals surface area contributed by atoms with E-state index in [1.807, 2.05) is 6.08 Å². The predicted molar refractivity (Wildman–Crippen MR) is 44.8 cm³/mol. The molecule has 1 aliphatic rings. The van der Waals surface area contributed by atoms with Gasteiger partial charge in [0.15, 0.2) is 0 Å². The van der Waals surface area contributed by atoms with Gasteiger partial charge in [-0.3, -0.25) is 0 Å². The normalized spacial score (nSPS) is 17.6. The summed E-state index contributed by atoms with van der Waals surface area (Å²) in [6.07, 6.45) is 8.63. The van der Waals surface area contributed by atoms with Gasteiger partial charge in [-0.25, -0.2) is 0 Å². The van der Waals surface area contributed by atoms with Crippen LogP contribution < -0.4 is 0 Å². The van der Waals surface area contributed by atoms with E-state index >= 15 is 0 Å². The molecule has 0 aromatic rings. The molecule has 0 aromatic heterocycles. The van der Waals surface area contributed by atoms with Crippen LogP contribution in [0.15, 0.2) is 29.5 Å². The molecule has 0 nitrogen and oxygen atoms in total. The van der Waals surface area contributed by atoms with Crippen molar-refractivity contribution in [3.05, 3.63) is 29.5 Å². The van der Waals surface area contributed by atoms with Crippen LogP contribution in [-0.4, -0.2) is 0 Å². The van der Waals surface area contributed by atoms with Gasteiger partial charge >= 0.3 is 0 Å². The van der Waals surface area contributed by atoms with Gasteiger partial charge in [-0.2, -0.15) is 0 Å². The smallest absolute Gasteiger partial charge is 0.00575 e. The second kappa shape index (κ2) is 3.43. The van der Waals surface area contributed by atoms with Crippen molar-refractivity contribution in [1.29, 1.82) is 0 Å². The summed E-state index contributed by atoms with van der Waals surface area (Å²) < 4.78 is 0. The van der Waals surface area contributed by atoms with Crippen LogP contribution in [0.25, 0.3) is 0 Å². The fourth-order valence-electron chi connectivity index (χ4n) is 1.01. The molecule has 1 aliphatic carbocycles. The van der Waals surface area contributed by atoms with Crippen molar-refractivity contribution in [2.45, 2.75) is 26.7 Å². The third-order valence-electron chi connectivity index (χ3n) is 1.93. The first kappa shape index (κ1) is 7.37. The molecule has 0 heteroatoms. The van der Waals surface area contributed by atoms with Gasteiger partial charge in [-0.15, -0.1) is 5.73 Å². The molecule has 0 radical (unpaired) electrons. The number of hydrogen-bond donors (Lipinski definition) is 0. The van der Waals surface area contributed by atoms with E-state index in [4.69, 9.17) is 0 Å². The average Bonchev–Trinajstić information content (AvgIpc) is 2.40. The van der Waals surface area contributed by atoms with Gasteiger partial charge in [0.1, 0.15) is 0 Å². The molecular formula is C10H14. The van der Waals surface area contributed by atoms with E-state index in [0.29, 0.717) is 0 Å². The highest BCUT2D eigenvalue weighted by Gasteiger charge is 2.01. The lowest BCUT2D eigenvalue weighted by Crippen LogP contribution is -1.91. The van der Waals surface area contributed by atoms with Crippen molar-refractivity contribution < 1.29 is 0 Å². The average molecular weight is 134 g/mol. The quantitative estimate of drug-likeness (QED) is 0.520. The monoisotopic (exact) mass is 134 g/mol. The third kappa shape index (κ3) is 1.89.